The lowest BCUT2D eigenvalue weighted by Crippen LogP contribution is -2.28. The third-order valence-electron chi connectivity index (χ3n) is 2.91. The molecule has 0 saturated heterocycles. The van der Waals surface area contributed by atoms with Crippen LogP contribution in [0, 0.1) is 5.92 Å². The molecule has 1 aromatic carbocycles. The Labute approximate surface area is 111 Å². The van der Waals surface area contributed by atoms with Crippen molar-refractivity contribution in [2.75, 3.05) is 0 Å². The van der Waals surface area contributed by atoms with Crippen LogP contribution in [0.2, 0.25) is 0 Å². The second-order valence-corrected chi connectivity index (χ2v) is 5.66. The quantitative estimate of drug-likeness (QED) is 0.776. The number of benzene rings is 1. The van der Waals surface area contributed by atoms with Gasteiger partial charge in [0.15, 0.2) is 0 Å². The minimum Gasteiger partial charge on any atom is -0.455 e. The van der Waals surface area contributed by atoms with Gasteiger partial charge in [-0.1, -0.05) is 41.9 Å². The van der Waals surface area contributed by atoms with E-state index < -0.39 is 5.60 Å². The second-order valence-electron chi connectivity index (χ2n) is 4.75. The van der Waals surface area contributed by atoms with E-state index in [1.807, 2.05) is 52.0 Å². The van der Waals surface area contributed by atoms with Gasteiger partial charge in [-0.05, 0) is 38.0 Å². The van der Waals surface area contributed by atoms with Gasteiger partial charge in [0.1, 0.15) is 5.60 Å². The first-order chi connectivity index (χ1) is 7.86. The Kier molecular flexibility index (Phi) is 4.75. The number of halogens is 1. The van der Waals surface area contributed by atoms with Crippen molar-refractivity contribution in [1.29, 1.82) is 0 Å². The molecule has 0 radical (unpaired) electrons. The second kappa shape index (κ2) is 5.67. The maximum Gasteiger partial charge on any atom is 0.309 e. The highest BCUT2D eigenvalue weighted by atomic mass is 79.9. The summed E-state index contributed by atoms with van der Waals surface area (Å²) in [6, 6.07) is 7.84. The summed E-state index contributed by atoms with van der Waals surface area (Å²) in [7, 11) is 0. The molecule has 0 saturated carbocycles. The van der Waals surface area contributed by atoms with Crippen molar-refractivity contribution in [3.8, 4) is 0 Å². The Bertz CT molecular complexity index is 382. The first-order valence-electron chi connectivity index (χ1n) is 5.85. The number of carbonyl (C=O) groups is 1. The van der Waals surface area contributed by atoms with E-state index in [-0.39, 0.29) is 11.9 Å². The summed E-state index contributed by atoms with van der Waals surface area (Å²) in [6.45, 7) is 7.70. The molecule has 0 N–H and O–H groups in total. The molecular weight excluding hydrogens is 280 g/mol. The Morgan fingerprint density at radius 1 is 1.35 bits per heavy atom. The van der Waals surface area contributed by atoms with Gasteiger partial charge in [-0.3, -0.25) is 4.79 Å². The molecule has 94 valence electrons. The molecule has 0 aliphatic rings. The number of hydrogen-bond donors (Lipinski definition) is 0. The largest absolute Gasteiger partial charge is 0.455 e. The summed E-state index contributed by atoms with van der Waals surface area (Å²) >= 11 is 3.39. The molecule has 17 heavy (non-hydrogen) atoms. The normalized spacial score (nSPS) is 13.2. The molecule has 0 aliphatic heterocycles. The summed E-state index contributed by atoms with van der Waals surface area (Å²) in [5.41, 5.74) is 0.415. The molecule has 0 heterocycles. The number of ether oxygens (including phenoxy) is 1. The molecule has 1 unspecified atom stereocenters. The maximum absolute atomic E-state index is 11.8. The van der Waals surface area contributed by atoms with Gasteiger partial charge in [-0.25, -0.2) is 0 Å². The van der Waals surface area contributed by atoms with E-state index in [4.69, 9.17) is 4.74 Å². The topological polar surface area (TPSA) is 26.3 Å². The highest BCUT2D eigenvalue weighted by Gasteiger charge is 2.27. The van der Waals surface area contributed by atoms with Crippen LogP contribution in [0.1, 0.15) is 39.7 Å². The molecule has 1 atom stereocenters. The van der Waals surface area contributed by atoms with E-state index in [1.165, 1.54) is 0 Å². The minimum atomic E-state index is -0.582. The highest BCUT2D eigenvalue weighted by Crippen LogP contribution is 2.27. The zero-order valence-electron chi connectivity index (χ0n) is 10.8. The standard InChI is InChI=1S/C14H19BrO2/c1-5-10(2)13(16)17-14(3,4)11-6-8-12(15)9-7-11/h6-10H,5H2,1-4H3. The molecule has 0 bridgehead atoms. The average Bonchev–Trinajstić information content (AvgIpc) is 2.27. The van der Waals surface area contributed by atoms with Gasteiger partial charge in [0.25, 0.3) is 0 Å². The van der Waals surface area contributed by atoms with Gasteiger partial charge in [0.2, 0.25) is 0 Å². The summed E-state index contributed by atoms with van der Waals surface area (Å²) in [4.78, 5) is 11.8. The predicted molar refractivity (Wildman–Crippen MR) is 72.7 cm³/mol. The zero-order chi connectivity index (χ0) is 13.1. The zero-order valence-corrected chi connectivity index (χ0v) is 12.4. The first-order valence-corrected chi connectivity index (χ1v) is 6.65. The SMILES string of the molecule is CCC(C)C(=O)OC(C)(C)c1ccc(Br)cc1. The summed E-state index contributed by atoms with van der Waals surface area (Å²) in [5.74, 6) is -0.190. The number of rotatable bonds is 4. The molecule has 0 aromatic heterocycles. The van der Waals surface area contributed by atoms with Crippen molar-refractivity contribution in [3.05, 3.63) is 34.3 Å². The van der Waals surface area contributed by atoms with E-state index in [9.17, 15) is 4.79 Å². The van der Waals surface area contributed by atoms with Crippen LogP contribution in [0.25, 0.3) is 0 Å². The van der Waals surface area contributed by atoms with Crippen LogP contribution in [-0.2, 0) is 15.1 Å². The van der Waals surface area contributed by atoms with Crippen molar-refractivity contribution in [3.63, 3.8) is 0 Å². The van der Waals surface area contributed by atoms with Gasteiger partial charge < -0.3 is 4.74 Å². The molecule has 0 amide bonds. The fraction of sp³-hybridized carbons (Fsp3) is 0.500. The molecule has 3 heteroatoms. The van der Waals surface area contributed by atoms with Crippen LogP contribution in [-0.4, -0.2) is 5.97 Å². The van der Waals surface area contributed by atoms with Crippen molar-refractivity contribution < 1.29 is 9.53 Å². The predicted octanol–water partition coefficient (Wildman–Crippen LogP) is 4.27. The average molecular weight is 299 g/mol. The van der Waals surface area contributed by atoms with Crippen molar-refractivity contribution in [2.45, 2.75) is 39.7 Å². The van der Waals surface area contributed by atoms with E-state index in [0.717, 1.165) is 16.5 Å². The summed E-state index contributed by atoms with van der Waals surface area (Å²) < 4.78 is 6.58. The molecule has 0 aliphatic carbocycles. The maximum atomic E-state index is 11.8. The van der Waals surface area contributed by atoms with Crippen LogP contribution < -0.4 is 0 Å². The lowest BCUT2D eigenvalue weighted by Gasteiger charge is -2.27. The fourth-order valence-corrected chi connectivity index (χ4v) is 1.69. The van der Waals surface area contributed by atoms with Crippen LogP contribution in [0.4, 0.5) is 0 Å². The number of esters is 1. The lowest BCUT2D eigenvalue weighted by molar-refractivity contribution is -0.162. The van der Waals surface area contributed by atoms with Gasteiger partial charge in [0.05, 0.1) is 5.92 Å². The number of hydrogen-bond acceptors (Lipinski definition) is 2. The van der Waals surface area contributed by atoms with Crippen molar-refractivity contribution in [2.24, 2.45) is 5.92 Å². The molecule has 1 aromatic rings. The Morgan fingerprint density at radius 3 is 2.35 bits per heavy atom. The van der Waals surface area contributed by atoms with Gasteiger partial charge in [0, 0.05) is 4.47 Å². The third-order valence-corrected chi connectivity index (χ3v) is 3.44. The monoisotopic (exact) mass is 298 g/mol. The lowest BCUT2D eigenvalue weighted by atomic mass is 9.98. The third kappa shape index (κ3) is 3.84. The molecule has 2 nitrogen and oxygen atoms in total. The van der Waals surface area contributed by atoms with Crippen LogP contribution in [0.15, 0.2) is 28.7 Å². The van der Waals surface area contributed by atoms with Crippen LogP contribution in [0.3, 0.4) is 0 Å². The van der Waals surface area contributed by atoms with Gasteiger partial charge >= 0.3 is 5.97 Å². The van der Waals surface area contributed by atoms with E-state index >= 15 is 0 Å². The first kappa shape index (κ1) is 14.2. The van der Waals surface area contributed by atoms with Crippen LogP contribution in [0.5, 0.6) is 0 Å². The Morgan fingerprint density at radius 2 is 1.88 bits per heavy atom. The number of carbonyl (C=O) groups excluding carboxylic acids is 1. The smallest absolute Gasteiger partial charge is 0.309 e. The van der Waals surface area contributed by atoms with Gasteiger partial charge in [-0.2, -0.15) is 0 Å². The fourth-order valence-electron chi connectivity index (χ4n) is 1.43. The summed E-state index contributed by atoms with van der Waals surface area (Å²) in [5, 5.41) is 0. The molecule has 1 rings (SSSR count). The Hall–Kier alpha value is -0.830. The van der Waals surface area contributed by atoms with E-state index in [1.54, 1.807) is 0 Å². The van der Waals surface area contributed by atoms with Crippen molar-refractivity contribution in [1.82, 2.24) is 0 Å². The van der Waals surface area contributed by atoms with Crippen molar-refractivity contribution >= 4 is 21.9 Å². The molecule has 0 spiro atoms. The van der Waals surface area contributed by atoms with Gasteiger partial charge in [-0.15, -0.1) is 0 Å². The highest BCUT2D eigenvalue weighted by molar-refractivity contribution is 9.10. The molecule has 0 fully saturated rings. The molecular formula is C14H19BrO2. The van der Waals surface area contributed by atoms with Crippen LogP contribution >= 0.6 is 15.9 Å². The van der Waals surface area contributed by atoms with E-state index in [2.05, 4.69) is 15.9 Å². The summed E-state index contributed by atoms with van der Waals surface area (Å²) in [6.07, 6.45) is 0.801. The Balaban J connectivity index is 2.81. The minimum absolute atomic E-state index is 0.0512. The van der Waals surface area contributed by atoms with E-state index in [0.29, 0.717) is 0 Å².